The number of imide groups is 1. The van der Waals surface area contributed by atoms with E-state index in [1.54, 1.807) is 48.2 Å². The minimum Gasteiger partial charge on any atom is -0.369 e. The fourth-order valence-corrected chi connectivity index (χ4v) is 4.57. The first-order valence-electron chi connectivity index (χ1n) is 11.8. The van der Waals surface area contributed by atoms with Crippen LogP contribution < -0.4 is 16.4 Å². The number of amides is 6. The number of carbonyl (C=O) groups is 5. The zero-order chi connectivity index (χ0) is 26.0. The maximum atomic E-state index is 13.1. The number of piperidine rings is 1. The van der Waals surface area contributed by atoms with E-state index in [4.69, 9.17) is 5.73 Å². The van der Waals surface area contributed by atoms with Gasteiger partial charge in [0.2, 0.25) is 11.8 Å². The number of para-hydroxylation sites is 1. The molecule has 36 heavy (non-hydrogen) atoms. The van der Waals surface area contributed by atoms with Crippen LogP contribution in [0.5, 0.6) is 0 Å². The normalized spacial score (nSPS) is 20.3. The molecule has 2 fully saturated rings. The van der Waals surface area contributed by atoms with Crippen molar-refractivity contribution >= 4 is 35.3 Å². The Bertz CT molecular complexity index is 1220. The molecule has 2 saturated heterocycles. The van der Waals surface area contributed by atoms with E-state index in [0.29, 0.717) is 31.5 Å². The number of hydrogen-bond donors (Lipinski definition) is 3. The van der Waals surface area contributed by atoms with Crippen LogP contribution in [0, 0.1) is 12.8 Å². The van der Waals surface area contributed by atoms with Crippen molar-refractivity contribution in [3.8, 4) is 0 Å². The third-order valence-electron chi connectivity index (χ3n) is 6.82. The number of carbonyl (C=O) groups excluding carboxylic acids is 5. The molecule has 0 radical (unpaired) electrons. The maximum Gasteiger partial charge on any atom is 0.325 e. The Morgan fingerprint density at radius 3 is 2.33 bits per heavy atom. The van der Waals surface area contributed by atoms with Crippen LogP contribution in [0.25, 0.3) is 0 Å². The third-order valence-corrected chi connectivity index (χ3v) is 6.82. The third kappa shape index (κ3) is 4.79. The summed E-state index contributed by atoms with van der Waals surface area (Å²) in [4.78, 5) is 65.6. The Balaban J connectivity index is 1.44. The van der Waals surface area contributed by atoms with Crippen LogP contribution in [-0.2, 0) is 19.9 Å². The summed E-state index contributed by atoms with van der Waals surface area (Å²) in [7, 11) is 0. The number of urea groups is 1. The van der Waals surface area contributed by atoms with Crippen molar-refractivity contribution in [2.24, 2.45) is 11.7 Å². The number of nitrogens with one attached hydrogen (secondary N) is 2. The van der Waals surface area contributed by atoms with Crippen LogP contribution in [0.3, 0.4) is 0 Å². The highest BCUT2D eigenvalue weighted by Crippen LogP contribution is 2.29. The molecule has 6 amide bonds. The van der Waals surface area contributed by atoms with Crippen LogP contribution in [-0.4, -0.2) is 59.1 Å². The molecule has 0 bridgehead atoms. The van der Waals surface area contributed by atoms with Crippen LogP contribution in [0.2, 0.25) is 0 Å². The van der Waals surface area contributed by atoms with E-state index < -0.39 is 29.9 Å². The summed E-state index contributed by atoms with van der Waals surface area (Å²) in [5.74, 6) is -2.05. The average Bonchev–Trinajstić information content (AvgIpc) is 3.08. The lowest BCUT2D eigenvalue weighted by molar-refractivity contribution is -0.133. The maximum absolute atomic E-state index is 13.1. The molecular formula is C26H29N5O5. The molecule has 2 aromatic carbocycles. The van der Waals surface area contributed by atoms with Crippen molar-refractivity contribution in [2.45, 2.75) is 32.2 Å². The van der Waals surface area contributed by atoms with Gasteiger partial charge in [0.05, 0.1) is 11.3 Å². The molecule has 1 unspecified atom stereocenters. The van der Waals surface area contributed by atoms with Gasteiger partial charge in [-0.25, -0.2) is 4.79 Å². The van der Waals surface area contributed by atoms with Crippen molar-refractivity contribution in [3.05, 3.63) is 65.2 Å². The van der Waals surface area contributed by atoms with Gasteiger partial charge in [0, 0.05) is 19.0 Å². The van der Waals surface area contributed by atoms with Crippen molar-refractivity contribution in [2.75, 3.05) is 25.0 Å². The number of primary amides is 1. The molecule has 0 aromatic heterocycles. The van der Waals surface area contributed by atoms with E-state index in [0.717, 1.165) is 10.5 Å². The lowest BCUT2D eigenvalue weighted by Gasteiger charge is -2.31. The summed E-state index contributed by atoms with van der Waals surface area (Å²) >= 11 is 0. The number of nitrogens with two attached hydrogens (primary N) is 1. The van der Waals surface area contributed by atoms with Gasteiger partial charge in [-0.2, -0.15) is 0 Å². The molecule has 2 aliphatic heterocycles. The second-order valence-electron chi connectivity index (χ2n) is 9.38. The fourth-order valence-electron chi connectivity index (χ4n) is 4.57. The van der Waals surface area contributed by atoms with E-state index in [1.165, 1.54) is 0 Å². The van der Waals surface area contributed by atoms with Crippen LogP contribution >= 0.6 is 0 Å². The molecule has 0 saturated carbocycles. The highest BCUT2D eigenvalue weighted by Gasteiger charge is 2.49. The van der Waals surface area contributed by atoms with Crippen molar-refractivity contribution in [1.82, 2.24) is 15.1 Å². The molecule has 0 aliphatic carbocycles. The Hall–Kier alpha value is -4.21. The SMILES string of the molecule is Cc1ccc(C2(C)NC(=O)N(CC(=O)Nc3ccccc3C(=O)N3CCC(C(N)=O)CC3)C2=O)cc1. The molecule has 4 rings (SSSR count). The summed E-state index contributed by atoms with van der Waals surface area (Å²) in [6.07, 6.45) is 0.975. The number of likely N-dealkylation sites (tertiary alicyclic amines) is 1. The largest absolute Gasteiger partial charge is 0.369 e. The minimum atomic E-state index is -1.28. The van der Waals surface area contributed by atoms with E-state index in [9.17, 15) is 24.0 Å². The predicted octanol–water partition coefficient (Wildman–Crippen LogP) is 1.74. The van der Waals surface area contributed by atoms with Gasteiger partial charge in [-0.05, 0) is 44.4 Å². The number of aryl methyl sites for hydroxylation is 1. The number of rotatable bonds is 6. The summed E-state index contributed by atoms with van der Waals surface area (Å²) in [5.41, 5.74) is 6.28. The van der Waals surface area contributed by atoms with Crippen LogP contribution in [0.1, 0.15) is 41.3 Å². The van der Waals surface area contributed by atoms with E-state index in [1.807, 2.05) is 19.1 Å². The first-order valence-corrected chi connectivity index (χ1v) is 11.8. The average molecular weight is 492 g/mol. The molecular weight excluding hydrogens is 462 g/mol. The second-order valence-corrected chi connectivity index (χ2v) is 9.38. The highest BCUT2D eigenvalue weighted by atomic mass is 16.2. The van der Waals surface area contributed by atoms with Gasteiger partial charge in [-0.15, -0.1) is 0 Å². The fraction of sp³-hybridized carbons (Fsp3) is 0.346. The van der Waals surface area contributed by atoms with Gasteiger partial charge in [0.1, 0.15) is 12.1 Å². The summed E-state index contributed by atoms with van der Waals surface area (Å²) in [6, 6.07) is 13.1. The van der Waals surface area contributed by atoms with Crippen LogP contribution in [0.15, 0.2) is 48.5 Å². The molecule has 2 heterocycles. The first kappa shape index (κ1) is 24.9. The molecule has 4 N–H and O–H groups in total. The Kier molecular flexibility index (Phi) is 6.78. The Labute approximate surface area is 208 Å². The first-order chi connectivity index (χ1) is 17.1. The van der Waals surface area contributed by atoms with Crippen molar-refractivity contribution in [3.63, 3.8) is 0 Å². The molecule has 1 atom stereocenters. The van der Waals surface area contributed by atoms with Crippen LogP contribution in [0.4, 0.5) is 10.5 Å². The van der Waals surface area contributed by atoms with Gasteiger partial charge in [0.25, 0.3) is 11.8 Å². The lowest BCUT2D eigenvalue weighted by Crippen LogP contribution is -2.42. The van der Waals surface area contributed by atoms with E-state index >= 15 is 0 Å². The highest BCUT2D eigenvalue weighted by molar-refractivity contribution is 6.11. The molecule has 0 spiro atoms. The summed E-state index contributed by atoms with van der Waals surface area (Å²) in [6.45, 7) is 3.79. The molecule has 188 valence electrons. The molecule has 10 heteroatoms. The lowest BCUT2D eigenvalue weighted by atomic mass is 9.91. The Morgan fingerprint density at radius 2 is 1.69 bits per heavy atom. The standard InChI is InChI=1S/C26H29N5O5/c1-16-7-9-18(10-8-16)26(2)24(35)31(25(36)29-26)15-21(32)28-20-6-4-3-5-19(20)23(34)30-13-11-17(12-14-30)22(27)33/h3-10,17H,11-15H2,1-2H3,(H2,27,33)(H,28,32)(H,29,36). The quantitative estimate of drug-likeness (QED) is 0.528. The van der Waals surface area contributed by atoms with Gasteiger partial charge in [0.15, 0.2) is 0 Å². The topological polar surface area (TPSA) is 142 Å². The van der Waals surface area contributed by atoms with E-state index in [-0.39, 0.29) is 29.0 Å². The monoisotopic (exact) mass is 491 g/mol. The van der Waals surface area contributed by atoms with Gasteiger partial charge in [-0.1, -0.05) is 42.0 Å². The van der Waals surface area contributed by atoms with Gasteiger partial charge in [-0.3, -0.25) is 24.1 Å². The number of anilines is 1. The van der Waals surface area contributed by atoms with Crippen molar-refractivity contribution in [1.29, 1.82) is 0 Å². The smallest absolute Gasteiger partial charge is 0.325 e. The zero-order valence-corrected chi connectivity index (χ0v) is 20.2. The second kappa shape index (κ2) is 9.80. The molecule has 2 aliphatic rings. The number of nitrogens with zero attached hydrogens (tertiary/aromatic N) is 2. The number of benzene rings is 2. The van der Waals surface area contributed by atoms with E-state index in [2.05, 4.69) is 10.6 Å². The summed E-state index contributed by atoms with van der Waals surface area (Å²) < 4.78 is 0. The summed E-state index contributed by atoms with van der Waals surface area (Å²) in [5, 5.41) is 5.35. The molecule has 10 nitrogen and oxygen atoms in total. The Morgan fingerprint density at radius 1 is 1.06 bits per heavy atom. The minimum absolute atomic E-state index is 0.251. The van der Waals surface area contributed by atoms with Crippen molar-refractivity contribution < 1.29 is 24.0 Å². The number of hydrogen-bond acceptors (Lipinski definition) is 5. The predicted molar refractivity (Wildman–Crippen MR) is 132 cm³/mol. The zero-order valence-electron chi connectivity index (χ0n) is 20.2. The van der Waals surface area contributed by atoms with Gasteiger partial charge < -0.3 is 21.3 Å². The van der Waals surface area contributed by atoms with Gasteiger partial charge >= 0.3 is 6.03 Å². The molecule has 2 aromatic rings.